The zero-order chi connectivity index (χ0) is 22.3. The van der Waals surface area contributed by atoms with Crippen molar-refractivity contribution in [2.24, 2.45) is 5.92 Å². The quantitative estimate of drug-likeness (QED) is 0.587. The maximum atomic E-state index is 12.8. The lowest BCUT2D eigenvalue weighted by molar-refractivity contribution is -0.126. The number of aromatic nitrogens is 2. The van der Waals surface area contributed by atoms with E-state index in [9.17, 15) is 4.79 Å². The van der Waals surface area contributed by atoms with Crippen molar-refractivity contribution in [2.45, 2.75) is 45.6 Å². The number of carbonyl (C=O) groups is 1. The van der Waals surface area contributed by atoms with Crippen LogP contribution in [0.2, 0.25) is 0 Å². The van der Waals surface area contributed by atoms with Crippen molar-refractivity contribution in [3.8, 4) is 11.4 Å². The van der Waals surface area contributed by atoms with Gasteiger partial charge in [0, 0.05) is 36.8 Å². The maximum Gasteiger partial charge on any atom is 0.223 e. The molecule has 1 atom stereocenters. The summed E-state index contributed by atoms with van der Waals surface area (Å²) in [5.41, 5.74) is 3.56. The first-order chi connectivity index (χ1) is 15.6. The Balaban J connectivity index is 1.28. The highest BCUT2D eigenvalue weighted by molar-refractivity contribution is 5.79. The van der Waals surface area contributed by atoms with Crippen LogP contribution >= 0.6 is 0 Å². The van der Waals surface area contributed by atoms with E-state index in [1.54, 1.807) is 0 Å². The predicted octanol–water partition coefficient (Wildman–Crippen LogP) is 4.81. The van der Waals surface area contributed by atoms with Crippen molar-refractivity contribution >= 4 is 11.7 Å². The van der Waals surface area contributed by atoms with Gasteiger partial charge >= 0.3 is 0 Å². The van der Waals surface area contributed by atoms with Crippen LogP contribution in [0.1, 0.15) is 37.3 Å². The third-order valence-electron chi connectivity index (χ3n) is 6.24. The smallest absolute Gasteiger partial charge is 0.223 e. The van der Waals surface area contributed by atoms with Crippen LogP contribution in [0.15, 0.2) is 66.9 Å². The van der Waals surface area contributed by atoms with Gasteiger partial charge in [0.1, 0.15) is 5.82 Å². The number of nitrogens with zero attached hydrogens (tertiary/aromatic N) is 3. The van der Waals surface area contributed by atoms with E-state index in [2.05, 4.69) is 77.6 Å². The third-order valence-corrected chi connectivity index (χ3v) is 6.24. The molecule has 4 rings (SSSR count). The Bertz CT molecular complexity index is 1010. The molecule has 32 heavy (non-hydrogen) atoms. The summed E-state index contributed by atoms with van der Waals surface area (Å²) < 4.78 is 0. The first-order valence-electron chi connectivity index (χ1n) is 11.6. The second-order valence-corrected chi connectivity index (χ2v) is 8.80. The molecule has 0 aliphatic carbocycles. The largest absolute Gasteiger partial charge is 0.356 e. The molecule has 0 radical (unpaired) electrons. The van der Waals surface area contributed by atoms with Crippen molar-refractivity contribution in [2.75, 3.05) is 18.0 Å². The highest BCUT2D eigenvalue weighted by Gasteiger charge is 2.26. The lowest BCUT2D eigenvalue weighted by atomic mass is 9.95. The van der Waals surface area contributed by atoms with E-state index < -0.39 is 0 Å². The van der Waals surface area contributed by atoms with Gasteiger partial charge in [-0.3, -0.25) is 4.79 Å². The fourth-order valence-electron chi connectivity index (χ4n) is 4.20. The number of anilines is 1. The zero-order valence-corrected chi connectivity index (χ0v) is 19.0. The Morgan fingerprint density at radius 2 is 1.78 bits per heavy atom. The number of aryl methyl sites for hydroxylation is 2. The minimum Gasteiger partial charge on any atom is -0.356 e. The summed E-state index contributed by atoms with van der Waals surface area (Å²) in [6.45, 7) is 5.84. The zero-order valence-electron chi connectivity index (χ0n) is 19.0. The molecule has 1 aliphatic rings. The van der Waals surface area contributed by atoms with Crippen molar-refractivity contribution < 1.29 is 4.79 Å². The van der Waals surface area contributed by atoms with Gasteiger partial charge in [0.15, 0.2) is 5.82 Å². The van der Waals surface area contributed by atoms with Crippen LogP contribution < -0.4 is 10.2 Å². The average Bonchev–Trinajstić information content (AvgIpc) is 2.84. The summed E-state index contributed by atoms with van der Waals surface area (Å²) in [4.78, 5) is 24.3. The van der Waals surface area contributed by atoms with Crippen molar-refractivity contribution in [3.05, 3.63) is 78.0 Å². The molecule has 2 heterocycles. The Morgan fingerprint density at radius 1 is 1.06 bits per heavy atom. The van der Waals surface area contributed by atoms with E-state index in [1.807, 2.05) is 18.3 Å². The van der Waals surface area contributed by atoms with E-state index in [1.165, 1.54) is 11.1 Å². The number of hydrogen-bond acceptors (Lipinski definition) is 4. The maximum absolute atomic E-state index is 12.8. The van der Waals surface area contributed by atoms with Crippen LogP contribution in [-0.2, 0) is 11.2 Å². The normalized spacial score (nSPS) is 15.4. The first-order valence-corrected chi connectivity index (χ1v) is 11.6. The van der Waals surface area contributed by atoms with Crippen molar-refractivity contribution in [1.29, 1.82) is 0 Å². The summed E-state index contributed by atoms with van der Waals surface area (Å²) in [6, 6.07) is 20.9. The lowest BCUT2D eigenvalue weighted by Gasteiger charge is -2.32. The van der Waals surface area contributed by atoms with E-state index >= 15 is 0 Å². The molecule has 0 bridgehead atoms. The number of amides is 1. The number of hydrogen-bond donors (Lipinski definition) is 1. The molecule has 166 valence electrons. The molecule has 0 unspecified atom stereocenters. The number of carbonyl (C=O) groups excluding carboxylic acids is 1. The Kier molecular flexibility index (Phi) is 7.15. The second-order valence-electron chi connectivity index (χ2n) is 8.80. The molecule has 2 aromatic carbocycles. The number of benzene rings is 2. The van der Waals surface area contributed by atoms with Gasteiger partial charge in [-0.25, -0.2) is 9.97 Å². The van der Waals surface area contributed by atoms with E-state index in [0.29, 0.717) is 0 Å². The molecule has 1 saturated heterocycles. The highest BCUT2D eigenvalue weighted by atomic mass is 16.1. The molecule has 1 aromatic heterocycles. The SMILES string of the molecule is Cc1ccc(-c2nccc(N3CCC(C(=O)N[C@H](C)CCc4ccccc4)CC3)n2)cc1. The molecule has 5 nitrogen and oxygen atoms in total. The standard InChI is InChI=1S/C27H32N4O/c1-20-8-12-23(13-9-20)26-28-17-14-25(30-26)31-18-15-24(16-19-31)27(32)29-21(2)10-11-22-6-4-3-5-7-22/h3-9,12-14,17,21,24H,10-11,15-16,18-19H2,1-2H3,(H,29,32)/t21-/m1/s1. The van der Waals surface area contributed by atoms with Gasteiger partial charge in [-0.05, 0) is 51.2 Å². The lowest BCUT2D eigenvalue weighted by Crippen LogP contribution is -2.43. The molecule has 1 fully saturated rings. The van der Waals surface area contributed by atoms with Crippen molar-refractivity contribution in [3.63, 3.8) is 0 Å². The third kappa shape index (κ3) is 5.72. The Hall–Kier alpha value is -3.21. The summed E-state index contributed by atoms with van der Waals surface area (Å²) in [5.74, 6) is 1.94. The van der Waals surface area contributed by atoms with Gasteiger partial charge in [0.25, 0.3) is 0 Å². The van der Waals surface area contributed by atoms with Crippen LogP contribution in [0.25, 0.3) is 11.4 Å². The first kappa shape index (κ1) is 22.0. The van der Waals surface area contributed by atoms with Gasteiger partial charge in [0.2, 0.25) is 5.91 Å². The molecule has 1 amide bonds. The van der Waals surface area contributed by atoms with Gasteiger partial charge in [-0.1, -0.05) is 60.2 Å². The van der Waals surface area contributed by atoms with Crippen molar-refractivity contribution in [1.82, 2.24) is 15.3 Å². The van der Waals surface area contributed by atoms with Crippen LogP contribution in [-0.4, -0.2) is 35.0 Å². The van der Waals surface area contributed by atoms with Gasteiger partial charge in [-0.2, -0.15) is 0 Å². The summed E-state index contributed by atoms with van der Waals surface area (Å²) in [7, 11) is 0. The number of nitrogens with one attached hydrogen (secondary N) is 1. The monoisotopic (exact) mass is 428 g/mol. The van der Waals surface area contributed by atoms with Crippen LogP contribution in [0.3, 0.4) is 0 Å². The molecular weight excluding hydrogens is 396 g/mol. The van der Waals surface area contributed by atoms with Gasteiger partial charge < -0.3 is 10.2 Å². The van der Waals surface area contributed by atoms with Crippen LogP contribution in [0, 0.1) is 12.8 Å². The molecule has 1 aliphatic heterocycles. The number of piperidine rings is 1. The summed E-state index contributed by atoms with van der Waals surface area (Å²) >= 11 is 0. The molecule has 5 heteroatoms. The number of rotatable bonds is 7. The Morgan fingerprint density at radius 3 is 2.50 bits per heavy atom. The molecule has 1 N–H and O–H groups in total. The minimum atomic E-state index is 0.0730. The fraction of sp³-hybridized carbons (Fsp3) is 0.370. The van der Waals surface area contributed by atoms with Gasteiger partial charge in [-0.15, -0.1) is 0 Å². The molecular formula is C27H32N4O. The molecule has 0 saturated carbocycles. The van der Waals surface area contributed by atoms with Gasteiger partial charge in [0.05, 0.1) is 0 Å². The molecule has 0 spiro atoms. The van der Waals surface area contributed by atoms with Crippen LogP contribution in [0.4, 0.5) is 5.82 Å². The summed E-state index contributed by atoms with van der Waals surface area (Å²) in [5, 5.41) is 3.23. The molecule has 3 aromatic rings. The van der Waals surface area contributed by atoms with Crippen LogP contribution in [0.5, 0.6) is 0 Å². The minimum absolute atomic E-state index is 0.0730. The highest BCUT2D eigenvalue weighted by Crippen LogP contribution is 2.24. The summed E-state index contributed by atoms with van der Waals surface area (Å²) in [6.07, 6.45) is 5.46. The fourth-order valence-corrected chi connectivity index (χ4v) is 4.20. The topological polar surface area (TPSA) is 58.1 Å². The predicted molar refractivity (Wildman–Crippen MR) is 130 cm³/mol. The second kappa shape index (κ2) is 10.4. The Labute approximate surface area is 190 Å². The van der Waals surface area contributed by atoms with E-state index in [4.69, 9.17) is 4.98 Å². The van der Waals surface area contributed by atoms with E-state index in [-0.39, 0.29) is 17.9 Å². The average molecular weight is 429 g/mol. The van der Waals surface area contributed by atoms with E-state index in [0.717, 1.165) is 56.0 Å².